The van der Waals surface area contributed by atoms with E-state index in [1.54, 1.807) is 19.1 Å². The summed E-state index contributed by atoms with van der Waals surface area (Å²) in [5.41, 5.74) is 3.11. The summed E-state index contributed by atoms with van der Waals surface area (Å²) >= 11 is 0. The van der Waals surface area contributed by atoms with Crippen LogP contribution in [0.15, 0.2) is 42.5 Å². The number of amides is 2. The summed E-state index contributed by atoms with van der Waals surface area (Å²) in [6.07, 6.45) is 1.34. The molecule has 38 heavy (non-hydrogen) atoms. The molecule has 2 amide bonds. The molecule has 1 fully saturated rings. The van der Waals surface area contributed by atoms with Gasteiger partial charge in [0, 0.05) is 31.5 Å². The van der Waals surface area contributed by atoms with Crippen molar-refractivity contribution in [3.05, 3.63) is 48.0 Å². The van der Waals surface area contributed by atoms with Gasteiger partial charge in [0.15, 0.2) is 0 Å². The van der Waals surface area contributed by atoms with Crippen LogP contribution in [0, 0.1) is 5.92 Å². The molecule has 0 aliphatic carbocycles. The van der Waals surface area contributed by atoms with Crippen molar-refractivity contribution in [2.75, 3.05) is 41.9 Å². The average molecular weight is 528 g/mol. The van der Waals surface area contributed by atoms with E-state index in [4.69, 9.17) is 19.3 Å². The molecular weight excluding hydrogens is 486 g/mol. The lowest BCUT2D eigenvalue weighted by Gasteiger charge is -2.38. The van der Waals surface area contributed by atoms with Gasteiger partial charge in [0.05, 0.1) is 37.1 Å². The van der Waals surface area contributed by atoms with Crippen molar-refractivity contribution in [3.63, 3.8) is 0 Å². The highest BCUT2D eigenvalue weighted by Crippen LogP contribution is 2.33. The predicted molar refractivity (Wildman–Crippen MR) is 149 cm³/mol. The Morgan fingerprint density at radius 1 is 1.08 bits per heavy atom. The van der Waals surface area contributed by atoms with Crippen LogP contribution in [-0.2, 0) is 20.9 Å². The number of aliphatic carboxylic acids is 1. The van der Waals surface area contributed by atoms with E-state index in [1.165, 1.54) is 0 Å². The van der Waals surface area contributed by atoms with E-state index in [9.17, 15) is 9.59 Å². The molecule has 3 rings (SSSR count). The second-order valence-electron chi connectivity index (χ2n) is 10.00. The number of carbonyl (C=O) groups is 2. The Kier molecular flexibility index (Phi) is 11.2. The Bertz CT molecular complexity index is 1040. The first kappa shape index (κ1) is 29.3. The fourth-order valence-corrected chi connectivity index (χ4v) is 4.49. The lowest BCUT2D eigenvalue weighted by molar-refractivity contribution is -0.140. The summed E-state index contributed by atoms with van der Waals surface area (Å²) < 4.78 is 16.8. The normalized spacial score (nSPS) is 14.7. The van der Waals surface area contributed by atoms with Crippen molar-refractivity contribution in [2.24, 2.45) is 5.92 Å². The third-order valence-electron chi connectivity index (χ3n) is 6.23. The largest absolute Gasteiger partial charge is 0.494 e. The second kappa shape index (κ2) is 14.6. The minimum atomic E-state index is -0.901. The van der Waals surface area contributed by atoms with Gasteiger partial charge in [0.2, 0.25) is 0 Å². The van der Waals surface area contributed by atoms with Crippen LogP contribution in [0.1, 0.15) is 52.5 Å². The summed E-state index contributed by atoms with van der Waals surface area (Å²) in [6, 6.07) is 13.1. The van der Waals surface area contributed by atoms with E-state index in [1.807, 2.05) is 37.3 Å². The molecule has 0 aromatic heterocycles. The molecule has 1 heterocycles. The summed E-state index contributed by atoms with van der Waals surface area (Å²) in [5.74, 6) is 0.261. The zero-order valence-corrected chi connectivity index (χ0v) is 22.9. The molecule has 1 aliphatic heterocycles. The number of carboxylic acid groups (broad SMARTS) is 1. The smallest absolute Gasteiger partial charge is 0.323 e. The van der Waals surface area contributed by atoms with E-state index in [-0.39, 0.29) is 19.1 Å². The van der Waals surface area contributed by atoms with Crippen molar-refractivity contribution in [1.29, 1.82) is 0 Å². The van der Waals surface area contributed by atoms with Crippen LogP contribution in [0.5, 0.6) is 5.75 Å². The van der Waals surface area contributed by atoms with E-state index < -0.39 is 12.1 Å². The summed E-state index contributed by atoms with van der Waals surface area (Å²) in [7, 11) is 0. The Labute approximate surface area is 225 Å². The highest BCUT2D eigenvalue weighted by Gasteiger charge is 2.25. The number of hydrogen-bond acceptors (Lipinski definition) is 6. The predicted octanol–water partition coefficient (Wildman–Crippen LogP) is 5.75. The molecule has 1 atom stereocenters. The van der Waals surface area contributed by atoms with Gasteiger partial charge in [-0.3, -0.25) is 4.79 Å². The van der Waals surface area contributed by atoms with E-state index >= 15 is 0 Å². The highest BCUT2D eigenvalue weighted by molar-refractivity contribution is 6.02. The van der Waals surface area contributed by atoms with Gasteiger partial charge in [0.25, 0.3) is 0 Å². The Morgan fingerprint density at radius 2 is 1.79 bits per heavy atom. The molecule has 1 aliphatic rings. The molecular formula is C29H41N3O6. The number of urea groups is 1. The van der Waals surface area contributed by atoms with Crippen LogP contribution in [0.25, 0.3) is 0 Å². The maximum Gasteiger partial charge on any atom is 0.323 e. The molecule has 3 N–H and O–H groups in total. The topological polar surface area (TPSA) is 109 Å². The average Bonchev–Trinajstić information content (AvgIpc) is 2.88. The number of carboxylic acids is 1. The number of ether oxygens (including phenoxy) is 3. The monoisotopic (exact) mass is 527 g/mol. The van der Waals surface area contributed by atoms with Gasteiger partial charge in [-0.1, -0.05) is 19.9 Å². The number of hydrogen-bond donors (Lipinski definition) is 3. The first-order chi connectivity index (χ1) is 18.2. The van der Waals surface area contributed by atoms with Gasteiger partial charge in [-0.2, -0.15) is 0 Å². The molecule has 9 nitrogen and oxygen atoms in total. The first-order valence-corrected chi connectivity index (χ1v) is 13.4. The SMILES string of the molecule is CCOc1ccc(NC(=O)Nc2cc(COC(C)CC(=O)O)ccc2N(CC(C)C)C2CCOCC2)cc1. The van der Waals surface area contributed by atoms with Gasteiger partial charge in [-0.05, 0) is 74.6 Å². The van der Waals surface area contributed by atoms with Gasteiger partial charge in [0.1, 0.15) is 5.75 Å². The number of carbonyl (C=O) groups excluding carboxylic acids is 1. The number of benzene rings is 2. The van der Waals surface area contributed by atoms with Crippen molar-refractivity contribution in [3.8, 4) is 5.75 Å². The quantitative estimate of drug-likeness (QED) is 0.304. The minimum Gasteiger partial charge on any atom is -0.494 e. The lowest BCUT2D eigenvalue weighted by Crippen LogP contribution is -2.42. The molecule has 1 saturated heterocycles. The molecule has 0 bridgehead atoms. The zero-order valence-electron chi connectivity index (χ0n) is 22.9. The number of rotatable bonds is 13. The van der Waals surface area contributed by atoms with E-state index in [0.717, 1.165) is 36.4 Å². The second-order valence-corrected chi connectivity index (χ2v) is 10.00. The Hall–Kier alpha value is -3.30. The molecule has 0 spiro atoms. The third-order valence-corrected chi connectivity index (χ3v) is 6.23. The maximum absolute atomic E-state index is 13.1. The Morgan fingerprint density at radius 3 is 2.42 bits per heavy atom. The minimum absolute atomic E-state index is 0.0698. The fraction of sp³-hybridized carbons (Fsp3) is 0.517. The van der Waals surface area contributed by atoms with Crippen LogP contribution in [0.2, 0.25) is 0 Å². The molecule has 0 radical (unpaired) electrons. The fourth-order valence-electron chi connectivity index (χ4n) is 4.49. The standard InChI is InChI=1S/C29H41N3O6/c1-5-37-25-9-7-23(8-10-25)30-29(35)31-26-17-22(19-38-21(4)16-28(33)34)6-11-27(26)32(18-20(2)3)24-12-14-36-15-13-24/h6-11,17,20-21,24H,5,12-16,18-19H2,1-4H3,(H,33,34)(H2,30,31,35). The van der Waals surface area contributed by atoms with Crippen molar-refractivity contribution in [1.82, 2.24) is 0 Å². The van der Waals surface area contributed by atoms with Crippen LogP contribution >= 0.6 is 0 Å². The first-order valence-electron chi connectivity index (χ1n) is 13.4. The lowest BCUT2D eigenvalue weighted by atomic mass is 10.0. The van der Waals surface area contributed by atoms with Gasteiger partial charge in [-0.15, -0.1) is 0 Å². The zero-order chi connectivity index (χ0) is 27.5. The summed E-state index contributed by atoms with van der Waals surface area (Å²) in [6.45, 7) is 11.1. The van der Waals surface area contributed by atoms with E-state index in [0.29, 0.717) is 43.2 Å². The Balaban J connectivity index is 1.84. The van der Waals surface area contributed by atoms with Gasteiger partial charge < -0.3 is 34.9 Å². The highest BCUT2D eigenvalue weighted by atomic mass is 16.5. The van der Waals surface area contributed by atoms with Crippen molar-refractivity contribution in [2.45, 2.75) is 65.7 Å². The van der Waals surface area contributed by atoms with Gasteiger partial charge in [-0.25, -0.2) is 4.79 Å². The summed E-state index contributed by atoms with van der Waals surface area (Å²) in [5, 5.41) is 15.0. The molecule has 1 unspecified atom stereocenters. The maximum atomic E-state index is 13.1. The van der Waals surface area contributed by atoms with Crippen LogP contribution in [0.3, 0.4) is 0 Å². The number of nitrogens with zero attached hydrogens (tertiary/aromatic N) is 1. The number of anilines is 3. The molecule has 0 saturated carbocycles. The van der Waals surface area contributed by atoms with Crippen LogP contribution < -0.4 is 20.3 Å². The molecule has 208 valence electrons. The van der Waals surface area contributed by atoms with E-state index in [2.05, 4.69) is 29.4 Å². The molecule has 2 aromatic carbocycles. The van der Waals surface area contributed by atoms with Crippen molar-refractivity contribution >= 4 is 29.1 Å². The third kappa shape index (κ3) is 9.22. The van der Waals surface area contributed by atoms with Crippen LogP contribution in [0.4, 0.5) is 21.9 Å². The van der Waals surface area contributed by atoms with Crippen LogP contribution in [-0.4, -0.2) is 55.6 Å². The summed E-state index contributed by atoms with van der Waals surface area (Å²) in [4.78, 5) is 26.4. The van der Waals surface area contributed by atoms with Crippen molar-refractivity contribution < 1.29 is 28.9 Å². The van der Waals surface area contributed by atoms with Gasteiger partial charge >= 0.3 is 12.0 Å². The molecule has 9 heteroatoms. The number of nitrogens with one attached hydrogen (secondary N) is 2. The molecule has 2 aromatic rings.